The molecule has 0 spiro atoms. The van der Waals surface area contributed by atoms with Crippen molar-refractivity contribution in [3.05, 3.63) is 58.1 Å². The Morgan fingerprint density at radius 2 is 1.48 bits per heavy atom. The summed E-state index contributed by atoms with van der Waals surface area (Å²) in [7, 11) is 0. The van der Waals surface area contributed by atoms with E-state index in [4.69, 9.17) is 21.9 Å². The standard InChI is InChI=1S/C16H10ClF4NO3/c17-8-3-1-7(2-4-8)11-13(18)15(20)12(16(21)14(11)19)9(22-25)5-6-10(23)24/h1-4,25H,5-6H2,(H,23,24)/b22-9+. The van der Waals surface area contributed by atoms with Crippen molar-refractivity contribution in [1.29, 1.82) is 0 Å². The number of hydrogen-bond acceptors (Lipinski definition) is 3. The van der Waals surface area contributed by atoms with Gasteiger partial charge in [0.15, 0.2) is 23.3 Å². The van der Waals surface area contributed by atoms with Gasteiger partial charge in [-0.15, -0.1) is 0 Å². The zero-order chi connectivity index (χ0) is 18.7. The molecule has 0 aliphatic carbocycles. The Bertz CT molecular complexity index is 824. The lowest BCUT2D eigenvalue weighted by molar-refractivity contribution is -0.136. The maximum atomic E-state index is 14.3. The summed E-state index contributed by atoms with van der Waals surface area (Å²) in [5.74, 6) is -8.33. The van der Waals surface area contributed by atoms with Gasteiger partial charge in [-0.05, 0) is 17.7 Å². The van der Waals surface area contributed by atoms with Crippen molar-refractivity contribution in [2.24, 2.45) is 5.16 Å². The predicted octanol–water partition coefficient (Wildman–Crippen LogP) is 4.61. The first-order valence-corrected chi connectivity index (χ1v) is 7.20. The number of aliphatic carboxylic acids is 1. The highest BCUT2D eigenvalue weighted by Crippen LogP contribution is 2.33. The van der Waals surface area contributed by atoms with E-state index in [1.54, 1.807) is 0 Å². The van der Waals surface area contributed by atoms with Crippen molar-refractivity contribution >= 4 is 23.3 Å². The molecular weight excluding hydrogens is 366 g/mol. The summed E-state index contributed by atoms with van der Waals surface area (Å²) < 4.78 is 57.2. The highest BCUT2D eigenvalue weighted by molar-refractivity contribution is 6.30. The van der Waals surface area contributed by atoms with Crippen molar-refractivity contribution in [1.82, 2.24) is 0 Å². The van der Waals surface area contributed by atoms with E-state index in [0.717, 1.165) is 0 Å². The van der Waals surface area contributed by atoms with E-state index in [2.05, 4.69) is 5.16 Å². The van der Waals surface area contributed by atoms with Crippen molar-refractivity contribution in [3.8, 4) is 11.1 Å². The molecule has 25 heavy (non-hydrogen) atoms. The van der Waals surface area contributed by atoms with E-state index in [1.807, 2.05) is 0 Å². The number of nitrogens with zero attached hydrogens (tertiary/aromatic N) is 1. The van der Waals surface area contributed by atoms with E-state index in [0.29, 0.717) is 0 Å². The molecule has 9 heteroatoms. The first-order chi connectivity index (χ1) is 11.8. The zero-order valence-corrected chi connectivity index (χ0v) is 13.1. The first-order valence-electron chi connectivity index (χ1n) is 6.82. The second-order valence-electron chi connectivity index (χ2n) is 4.95. The predicted molar refractivity (Wildman–Crippen MR) is 81.9 cm³/mol. The van der Waals surface area contributed by atoms with Crippen molar-refractivity contribution < 1.29 is 32.7 Å². The van der Waals surface area contributed by atoms with Crippen LogP contribution in [0.15, 0.2) is 29.4 Å². The second kappa shape index (κ2) is 7.52. The van der Waals surface area contributed by atoms with E-state index >= 15 is 0 Å². The van der Waals surface area contributed by atoms with Crippen LogP contribution in [0.3, 0.4) is 0 Å². The van der Waals surface area contributed by atoms with Crippen LogP contribution in [0.4, 0.5) is 17.6 Å². The number of carboxylic acids is 1. The maximum absolute atomic E-state index is 14.3. The summed E-state index contributed by atoms with van der Waals surface area (Å²) in [4.78, 5) is 10.5. The van der Waals surface area contributed by atoms with Gasteiger partial charge in [0.05, 0.1) is 23.3 Å². The summed E-state index contributed by atoms with van der Waals surface area (Å²) in [5, 5.41) is 20.3. The Morgan fingerprint density at radius 3 is 1.92 bits per heavy atom. The third-order valence-corrected chi connectivity index (χ3v) is 3.63. The molecule has 0 aromatic heterocycles. The summed E-state index contributed by atoms with van der Waals surface area (Å²) in [6.45, 7) is 0. The molecule has 2 N–H and O–H groups in total. The minimum absolute atomic E-state index is 0.156. The summed E-state index contributed by atoms with van der Waals surface area (Å²) in [5.41, 5.74) is -3.18. The molecule has 4 nitrogen and oxygen atoms in total. The van der Waals surface area contributed by atoms with Crippen molar-refractivity contribution in [2.45, 2.75) is 12.8 Å². The van der Waals surface area contributed by atoms with Crippen LogP contribution in [0.25, 0.3) is 11.1 Å². The molecule has 0 aliphatic rings. The second-order valence-corrected chi connectivity index (χ2v) is 5.39. The smallest absolute Gasteiger partial charge is 0.303 e. The average Bonchev–Trinajstić information content (AvgIpc) is 2.57. The van der Waals surface area contributed by atoms with Crippen molar-refractivity contribution in [2.75, 3.05) is 0 Å². The van der Waals surface area contributed by atoms with E-state index in [1.165, 1.54) is 24.3 Å². The van der Waals surface area contributed by atoms with Crippen LogP contribution in [-0.4, -0.2) is 22.0 Å². The summed E-state index contributed by atoms with van der Waals surface area (Å²) in [6, 6.07) is 4.92. The third kappa shape index (κ3) is 3.74. The minimum Gasteiger partial charge on any atom is -0.481 e. The van der Waals surface area contributed by atoms with Gasteiger partial charge in [0.1, 0.15) is 0 Å². The first kappa shape index (κ1) is 18.7. The molecule has 0 unspecified atom stereocenters. The van der Waals surface area contributed by atoms with Crippen LogP contribution in [0.5, 0.6) is 0 Å². The lowest BCUT2D eigenvalue weighted by Crippen LogP contribution is -2.14. The van der Waals surface area contributed by atoms with E-state index in [9.17, 15) is 22.4 Å². The molecule has 0 atom stereocenters. The molecule has 0 amide bonds. The lowest BCUT2D eigenvalue weighted by Gasteiger charge is -2.13. The fourth-order valence-corrected chi connectivity index (χ4v) is 2.33. The molecule has 0 radical (unpaired) electrons. The van der Waals surface area contributed by atoms with Crippen LogP contribution < -0.4 is 0 Å². The topological polar surface area (TPSA) is 69.9 Å². The van der Waals surface area contributed by atoms with Gasteiger partial charge < -0.3 is 10.3 Å². The van der Waals surface area contributed by atoms with Gasteiger partial charge in [-0.1, -0.05) is 28.9 Å². The molecule has 0 fully saturated rings. The molecule has 132 valence electrons. The van der Waals surface area contributed by atoms with Gasteiger partial charge in [0.25, 0.3) is 0 Å². The lowest BCUT2D eigenvalue weighted by atomic mass is 9.97. The van der Waals surface area contributed by atoms with Gasteiger partial charge in [0.2, 0.25) is 0 Å². The Hall–Kier alpha value is -2.61. The third-order valence-electron chi connectivity index (χ3n) is 3.38. The van der Waals surface area contributed by atoms with Crippen LogP contribution in [0.1, 0.15) is 18.4 Å². The molecule has 2 aromatic rings. The Kier molecular flexibility index (Phi) is 5.63. The van der Waals surface area contributed by atoms with Gasteiger partial charge in [-0.3, -0.25) is 4.79 Å². The highest BCUT2D eigenvalue weighted by atomic mass is 35.5. The van der Waals surface area contributed by atoms with Crippen LogP contribution in [0, 0.1) is 23.3 Å². The number of halogens is 5. The molecule has 0 heterocycles. The molecule has 0 saturated heterocycles. The average molecular weight is 376 g/mol. The Balaban J connectivity index is 2.63. The number of carboxylic acid groups (broad SMARTS) is 1. The maximum Gasteiger partial charge on any atom is 0.303 e. The number of hydrogen-bond donors (Lipinski definition) is 2. The molecule has 0 aliphatic heterocycles. The fourth-order valence-electron chi connectivity index (χ4n) is 2.21. The summed E-state index contributed by atoms with van der Waals surface area (Å²) in [6.07, 6.45) is -1.28. The van der Waals surface area contributed by atoms with Gasteiger partial charge in [-0.25, -0.2) is 17.6 Å². The van der Waals surface area contributed by atoms with Crippen LogP contribution in [0.2, 0.25) is 5.02 Å². The van der Waals surface area contributed by atoms with Crippen LogP contribution >= 0.6 is 11.6 Å². The molecule has 2 rings (SSSR count). The fraction of sp³-hybridized carbons (Fsp3) is 0.125. The highest BCUT2D eigenvalue weighted by Gasteiger charge is 2.29. The number of carbonyl (C=O) groups is 1. The van der Waals surface area contributed by atoms with E-state index < -0.39 is 58.9 Å². The monoisotopic (exact) mass is 375 g/mol. The number of benzene rings is 2. The molecule has 0 bridgehead atoms. The van der Waals surface area contributed by atoms with E-state index in [-0.39, 0.29) is 10.6 Å². The number of oxime groups is 1. The number of rotatable bonds is 5. The quantitative estimate of drug-likeness (QED) is 0.264. The Morgan fingerprint density at radius 1 is 0.960 bits per heavy atom. The van der Waals surface area contributed by atoms with Crippen LogP contribution in [-0.2, 0) is 4.79 Å². The minimum atomic E-state index is -1.79. The normalized spacial score (nSPS) is 11.6. The van der Waals surface area contributed by atoms with Gasteiger partial charge in [0, 0.05) is 11.4 Å². The van der Waals surface area contributed by atoms with Gasteiger partial charge in [-0.2, -0.15) is 0 Å². The SMILES string of the molecule is O=C(O)CC/C(=N\O)c1c(F)c(F)c(-c2ccc(Cl)cc2)c(F)c1F. The molecule has 2 aromatic carbocycles. The molecular formula is C16H10ClF4NO3. The Labute approximate surface area is 144 Å². The largest absolute Gasteiger partial charge is 0.481 e. The van der Waals surface area contributed by atoms with Gasteiger partial charge >= 0.3 is 5.97 Å². The summed E-state index contributed by atoms with van der Waals surface area (Å²) >= 11 is 5.66. The zero-order valence-electron chi connectivity index (χ0n) is 12.4. The van der Waals surface area contributed by atoms with Crippen molar-refractivity contribution in [3.63, 3.8) is 0 Å². The molecule has 0 saturated carbocycles.